The van der Waals surface area contributed by atoms with Gasteiger partial charge in [-0.05, 0) is 49.1 Å². The number of hydrogen-bond donors (Lipinski definition) is 4. The van der Waals surface area contributed by atoms with Crippen LogP contribution in [-0.2, 0) is 35.7 Å². The fraction of sp³-hybridized carbons (Fsp3) is 0.306. The molecular weight excluding hydrogens is 666 g/mol. The number of aromatic nitrogens is 1. The molecule has 0 saturated heterocycles. The molecule has 0 radical (unpaired) electrons. The summed E-state index contributed by atoms with van der Waals surface area (Å²) in [6.07, 6.45) is 0.281. The number of ether oxygens (including phenoxy) is 3. The summed E-state index contributed by atoms with van der Waals surface area (Å²) in [5.74, 6) is -3.72. The van der Waals surface area contributed by atoms with Crippen LogP contribution < -0.4 is 18.9 Å². The molecule has 1 fully saturated rings. The summed E-state index contributed by atoms with van der Waals surface area (Å²) in [6.45, 7) is 0.0757. The molecule has 4 aromatic rings. The molecule has 5 atom stereocenters. The second-order valence-corrected chi connectivity index (χ2v) is 13.5. The lowest BCUT2D eigenvalue weighted by atomic mass is 9.57. The van der Waals surface area contributed by atoms with Crippen molar-refractivity contribution in [3.8, 4) is 17.4 Å². The van der Waals surface area contributed by atoms with Gasteiger partial charge in [0.2, 0.25) is 11.6 Å². The van der Waals surface area contributed by atoms with Crippen molar-refractivity contribution < 1.29 is 47.3 Å². The lowest BCUT2D eigenvalue weighted by Crippen LogP contribution is -2.63. The molecule has 0 bridgehead atoms. The van der Waals surface area contributed by atoms with Crippen LogP contribution in [0.1, 0.15) is 50.8 Å². The van der Waals surface area contributed by atoms with Gasteiger partial charge in [-0.1, -0.05) is 60.7 Å². The van der Waals surface area contributed by atoms with Crippen LogP contribution in [0.3, 0.4) is 0 Å². The summed E-state index contributed by atoms with van der Waals surface area (Å²) in [7, 11) is 4.92. The van der Waals surface area contributed by atoms with E-state index in [9.17, 15) is 28.6 Å². The first-order valence-corrected chi connectivity index (χ1v) is 17.0. The van der Waals surface area contributed by atoms with E-state index in [1.165, 1.54) is 13.2 Å². The molecule has 0 amide bonds. The summed E-state index contributed by atoms with van der Waals surface area (Å²) < 4.78 is 47.6. The van der Waals surface area contributed by atoms with E-state index in [4.69, 9.17) is 18.7 Å². The lowest BCUT2D eigenvalue weighted by Gasteiger charge is -2.49. The van der Waals surface area contributed by atoms with Crippen LogP contribution in [0.15, 0.2) is 76.8 Å². The first-order valence-electron chi connectivity index (χ1n) is 15.9. The third kappa shape index (κ3) is 5.44. The number of anilines is 1. The molecule has 1 aromatic heterocycles. The molecule has 260 valence electrons. The molecule has 14 heteroatoms. The number of aliphatic hydroxyl groups excluding tert-OH is 1. The van der Waals surface area contributed by atoms with Crippen LogP contribution in [0.4, 0.5) is 5.69 Å². The van der Waals surface area contributed by atoms with Crippen molar-refractivity contribution in [1.29, 1.82) is 0 Å². The largest absolute Gasteiger partial charge is 0.507 e. The summed E-state index contributed by atoms with van der Waals surface area (Å²) >= 11 is -2.54. The Bertz CT molecular complexity index is 2030. The minimum atomic E-state index is -2.60. The maximum absolute atomic E-state index is 14.7. The molecule has 3 aromatic carbocycles. The van der Waals surface area contributed by atoms with Gasteiger partial charge in [0.1, 0.15) is 30.3 Å². The van der Waals surface area contributed by atoms with Gasteiger partial charge in [-0.2, -0.15) is 0 Å². The SMILES string of the molecule is COc1cc(NS(=O)O)c(OCc2ccccc2)c2c1C[C@H]1C[C@H]3[C@H](N(C)C)c4onc(OCc5ccccc5)c4C(=O)[C@@]3(O)C(=O)C1=C2O. The fourth-order valence-corrected chi connectivity index (χ4v) is 7.84. The van der Waals surface area contributed by atoms with Crippen molar-refractivity contribution in [2.75, 3.05) is 25.9 Å². The summed E-state index contributed by atoms with van der Waals surface area (Å²) in [6, 6.07) is 19.1. The number of rotatable bonds is 10. The zero-order valence-electron chi connectivity index (χ0n) is 27.4. The Morgan fingerprint density at radius 1 is 1.00 bits per heavy atom. The monoisotopic (exact) mass is 701 g/mol. The number of carbonyl (C=O) groups excluding carboxylic acids is 2. The van der Waals surface area contributed by atoms with Crippen LogP contribution in [-0.4, -0.2) is 67.4 Å². The molecule has 0 spiro atoms. The van der Waals surface area contributed by atoms with E-state index in [2.05, 4.69) is 9.88 Å². The van der Waals surface area contributed by atoms with Crippen molar-refractivity contribution in [3.63, 3.8) is 0 Å². The molecule has 1 saturated carbocycles. The summed E-state index contributed by atoms with van der Waals surface area (Å²) in [5.41, 5.74) is -0.729. The third-order valence-corrected chi connectivity index (χ3v) is 10.1. The Labute approximate surface area is 289 Å². The molecule has 13 nitrogen and oxygen atoms in total. The molecule has 3 aliphatic carbocycles. The predicted molar refractivity (Wildman–Crippen MR) is 181 cm³/mol. The molecule has 7 rings (SSSR count). The quantitative estimate of drug-likeness (QED) is 0.133. The number of ketones is 2. The molecule has 1 unspecified atom stereocenters. The van der Waals surface area contributed by atoms with Gasteiger partial charge < -0.3 is 28.9 Å². The minimum absolute atomic E-state index is 0.00326. The van der Waals surface area contributed by atoms with Crippen molar-refractivity contribution >= 4 is 34.3 Å². The van der Waals surface area contributed by atoms with Crippen molar-refractivity contribution in [2.45, 2.75) is 37.7 Å². The van der Waals surface area contributed by atoms with E-state index in [1.807, 2.05) is 60.7 Å². The zero-order chi connectivity index (χ0) is 35.3. The van der Waals surface area contributed by atoms with E-state index in [1.54, 1.807) is 19.0 Å². The van der Waals surface area contributed by atoms with Crippen LogP contribution in [0, 0.1) is 11.8 Å². The van der Waals surface area contributed by atoms with Crippen molar-refractivity contribution in [1.82, 2.24) is 10.1 Å². The number of carbonyl (C=O) groups is 2. The molecule has 3 aliphatic rings. The summed E-state index contributed by atoms with van der Waals surface area (Å²) in [5, 5.41) is 28.5. The van der Waals surface area contributed by atoms with Crippen molar-refractivity contribution in [2.24, 2.45) is 11.8 Å². The van der Waals surface area contributed by atoms with Crippen LogP contribution in [0.5, 0.6) is 17.4 Å². The Morgan fingerprint density at radius 2 is 1.64 bits per heavy atom. The highest BCUT2D eigenvalue weighted by Gasteiger charge is 2.65. The topological polar surface area (TPSA) is 181 Å². The first-order chi connectivity index (χ1) is 24.0. The van der Waals surface area contributed by atoms with Gasteiger partial charge >= 0.3 is 0 Å². The standard InChI is InChI=1S/C36H35N3O10S/c1-39(2)29-23-15-21-14-22-25(46-3)16-24(38-50(44)45)31(47-17-19-10-6-4-7-11-19)27(22)30(40)26(21)33(41)36(23,43)34(42)28-32(29)49-37-35(28)48-18-20-12-8-5-9-13-20/h4-13,16,21,23,29,38,40,43H,14-15,17-18H2,1-3H3,(H,44,45)/t21-,23-,29-,36-/m0/s1. The van der Waals surface area contributed by atoms with Gasteiger partial charge in [-0.3, -0.25) is 23.8 Å². The van der Waals surface area contributed by atoms with E-state index < -0.39 is 52.1 Å². The molecular formula is C36H35N3O10S. The van der Waals surface area contributed by atoms with Gasteiger partial charge in [0, 0.05) is 23.1 Å². The second kappa shape index (κ2) is 13.0. The number of benzene rings is 3. The molecule has 4 N–H and O–H groups in total. The fourth-order valence-electron chi connectivity index (χ4n) is 7.50. The number of nitrogens with one attached hydrogen (secondary N) is 1. The molecule has 1 heterocycles. The highest BCUT2D eigenvalue weighted by atomic mass is 32.2. The van der Waals surface area contributed by atoms with Crippen molar-refractivity contribution in [3.05, 3.63) is 106 Å². The smallest absolute Gasteiger partial charge is 0.265 e. The Hall–Kier alpha value is -5.02. The minimum Gasteiger partial charge on any atom is -0.507 e. The van der Waals surface area contributed by atoms with Crippen LogP contribution in [0.2, 0.25) is 0 Å². The molecule has 50 heavy (non-hydrogen) atoms. The molecule has 0 aliphatic heterocycles. The average molecular weight is 702 g/mol. The highest BCUT2D eigenvalue weighted by Crippen LogP contribution is 2.57. The van der Waals surface area contributed by atoms with Gasteiger partial charge in [-0.15, -0.1) is 0 Å². The van der Waals surface area contributed by atoms with Gasteiger partial charge in [-0.25, -0.2) is 4.21 Å². The Balaban J connectivity index is 1.34. The van der Waals surface area contributed by atoms with Gasteiger partial charge in [0.15, 0.2) is 17.1 Å². The van der Waals surface area contributed by atoms with E-state index >= 15 is 0 Å². The number of aliphatic hydroxyl groups is 2. The Morgan fingerprint density at radius 3 is 2.24 bits per heavy atom. The number of nitrogens with zero attached hydrogens (tertiary/aromatic N) is 2. The number of hydrogen-bond acceptors (Lipinski definition) is 11. The predicted octanol–water partition coefficient (Wildman–Crippen LogP) is 4.65. The normalized spacial score (nSPS) is 23.0. The maximum Gasteiger partial charge on any atom is 0.265 e. The number of Topliss-reactive ketones (excluding diaryl/α,β-unsaturated/α-hetero) is 2. The van der Waals surface area contributed by atoms with Crippen LogP contribution >= 0.6 is 0 Å². The van der Waals surface area contributed by atoms with Crippen LogP contribution in [0.25, 0.3) is 5.76 Å². The summed E-state index contributed by atoms with van der Waals surface area (Å²) in [4.78, 5) is 30.8. The maximum atomic E-state index is 14.7. The second-order valence-electron chi connectivity index (χ2n) is 12.8. The van der Waals surface area contributed by atoms with E-state index in [0.717, 1.165) is 11.1 Å². The lowest BCUT2D eigenvalue weighted by molar-refractivity contribution is -0.142. The number of methoxy groups -OCH3 is 1. The number of fused-ring (bicyclic) bond motifs is 4. The van der Waals surface area contributed by atoms with Gasteiger partial charge in [0.05, 0.1) is 24.4 Å². The third-order valence-electron chi connectivity index (χ3n) is 9.69. The van der Waals surface area contributed by atoms with E-state index in [0.29, 0.717) is 5.56 Å². The first kappa shape index (κ1) is 33.5. The zero-order valence-corrected chi connectivity index (χ0v) is 28.2. The van der Waals surface area contributed by atoms with Gasteiger partial charge in [0.25, 0.3) is 17.1 Å². The Kier molecular flexibility index (Phi) is 8.72. The van der Waals surface area contributed by atoms with E-state index in [-0.39, 0.29) is 71.6 Å². The highest BCUT2D eigenvalue weighted by molar-refractivity contribution is 7.80. The average Bonchev–Trinajstić information content (AvgIpc) is 3.52.